The van der Waals surface area contributed by atoms with E-state index in [2.05, 4.69) is 105 Å². The largest absolute Gasteiger partial charge is 0.124 e. The minimum absolute atomic E-state index is 0.487. The van der Waals surface area contributed by atoms with Crippen LogP contribution in [-0.2, 0) is 19.3 Å². The fourth-order valence-electron chi connectivity index (χ4n) is 5.57. The molecule has 3 rings (SSSR count). The minimum Gasteiger partial charge on any atom is -0.124 e. The van der Waals surface area contributed by atoms with Crippen LogP contribution in [0, 0.1) is 31.6 Å². The summed E-state index contributed by atoms with van der Waals surface area (Å²) in [5.41, 5.74) is 9.00. The molecule has 0 N–H and O–H groups in total. The first-order valence-electron chi connectivity index (χ1n) is 18.2. The van der Waals surface area contributed by atoms with Gasteiger partial charge in [-0.15, -0.1) is 39.2 Å². The molecule has 3 atom stereocenters. The Labute approximate surface area is 291 Å². The molecule has 2 aromatic rings. The summed E-state index contributed by atoms with van der Waals surface area (Å²) in [6.07, 6.45) is 23.1. The highest BCUT2D eigenvalue weighted by Crippen LogP contribution is 2.39. The van der Waals surface area contributed by atoms with Crippen LogP contribution in [0.2, 0.25) is 0 Å². The summed E-state index contributed by atoms with van der Waals surface area (Å²) in [6.45, 7) is 43.2. The number of allylic oxidation sites excluding steroid dienone is 3. The summed E-state index contributed by atoms with van der Waals surface area (Å²) in [6, 6.07) is 15.1. The predicted molar refractivity (Wildman–Crippen MR) is 219 cm³/mol. The fraction of sp³-hybridized carbons (Fsp3) is 0.522. The zero-order valence-corrected chi connectivity index (χ0v) is 33.0. The zero-order chi connectivity index (χ0) is 36.9. The van der Waals surface area contributed by atoms with Crippen molar-refractivity contribution in [2.45, 2.75) is 147 Å². The normalized spacial score (nSPS) is 14.5. The van der Waals surface area contributed by atoms with Crippen LogP contribution in [0.3, 0.4) is 0 Å². The summed E-state index contributed by atoms with van der Waals surface area (Å²) in [5, 5.41) is 0. The molecule has 1 aliphatic rings. The summed E-state index contributed by atoms with van der Waals surface area (Å²) in [7, 11) is 0. The molecule has 0 bridgehead atoms. The number of hydrogen-bond acceptors (Lipinski definition) is 0. The zero-order valence-electron chi connectivity index (χ0n) is 33.0. The van der Waals surface area contributed by atoms with Gasteiger partial charge in [-0.1, -0.05) is 162 Å². The molecule has 0 spiro atoms. The second-order valence-corrected chi connectivity index (χ2v) is 10.5. The molecule has 0 heteroatoms. The maximum atomic E-state index is 4.59. The van der Waals surface area contributed by atoms with Crippen LogP contribution in [0.4, 0.5) is 0 Å². The van der Waals surface area contributed by atoms with Gasteiger partial charge in [0, 0.05) is 5.92 Å². The van der Waals surface area contributed by atoms with E-state index in [9.17, 15) is 0 Å². The summed E-state index contributed by atoms with van der Waals surface area (Å²) < 4.78 is 0. The summed E-state index contributed by atoms with van der Waals surface area (Å²) in [4.78, 5) is 0. The van der Waals surface area contributed by atoms with Gasteiger partial charge in [-0.2, -0.15) is 0 Å². The SMILES string of the molecule is C#C.C=C.C=C(C1CCCCC(C)C1)C(C)c1ccc(CCC)c(CC)c1C.C=CC.C=CCc1ccccc1.CC.CC.CC. The first-order chi connectivity index (χ1) is 22.3. The van der Waals surface area contributed by atoms with Crippen molar-refractivity contribution < 1.29 is 0 Å². The lowest BCUT2D eigenvalue weighted by Crippen LogP contribution is -2.13. The monoisotopic (exact) mass is 631 g/mol. The molecule has 0 aromatic heterocycles. The third-order valence-electron chi connectivity index (χ3n) is 7.57. The first kappa shape index (κ1) is 52.5. The van der Waals surface area contributed by atoms with Gasteiger partial charge >= 0.3 is 0 Å². The molecule has 1 saturated carbocycles. The van der Waals surface area contributed by atoms with Crippen molar-refractivity contribution in [1.82, 2.24) is 0 Å². The van der Waals surface area contributed by atoms with Crippen molar-refractivity contribution in [2.24, 2.45) is 11.8 Å². The highest BCUT2D eigenvalue weighted by molar-refractivity contribution is 5.44. The van der Waals surface area contributed by atoms with Gasteiger partial charge in [0.05, 0.1) is 0 Å². The van der Waals surface area contributed by atoms with Gasteiger partial charge < -0.3 is 0 Å². The van der Waals surface area contributed by atoms with Crippen molar-refractivity contribution >= 4 is 0 Å². The van der Waals surface area contributed by atoms with E-state index < -0.39 is 0 Å². The lowest BCUT2D eigenvalue weighted by Gasteiger charge is -2.27. The van der Waals surface area contributed by atoms with E-state index in [-0.39, 0.29) is 0 Å². The van der Waals surface area contributed by atoms with Gasteiger partial charge in [0.15, 0.2) is 0 Å². The molecule has 0 heterocycles. The number of aryl methyl sites for hydroxylation is 1. The molecule has 46 heavy (non-hydrogen) atoms. The van der Waals surface area contributed by atoms with Gasteiger partial charge in [-0.3, -0.25) is 0 Å². The molecule has 262 valence electrons. The molecule has 2 aromatic carbocycles. The smallest absolute Gasteiger partial charge is 0.00226 e. The molecule has 1 fully saturated rings. The molecule has 0 nitrogen and oxygen atoms in total. The fourth-order valence-corrected chi connectivity index (χ4v) is 5.57. The van der Waals surface area contributed by atoms with E-state index in [0.717, 1.165) is 24.7 Å². The lowest BCUT2D eigenvalue weighted by molar-refractivity contribution is 0.427. The van der Waals surface area contributed by atoms with Crippen molar-refractivity contribution in [1.29, 1.82) is 0 Å². The van der Waals surface area contributed by atoms with E-state index >= 15 is 0 Å². The second kappa shape index (κ2) is 40.0. The number of rotatable bonds is 8. The van der Waals surface area contributed by atoms with Crippen LogP contribution in [0.25, 0.3) is 0 Å². The lowest BCUT2D eigenvalue weighted by atomic mass is 9.78. The third kappa shape index (κ3) is 23.3. The predicted octanol–water partition coefficient (Wildman–Crippen LogP) is 15.1. The number of benzene rings is 2. The third-order valence-corrected chi connectivity index (χ3v) is 7.57. The molecule has 0 saturated heterocycles. The second-order valence-electron chi connectivity index (χ2n) is 10.5. The van der Waals surface area contributed by atoms with Gasteiger partial charge in [-0.05, 0) is 85.6 Å². The van der Waals surface area contributed by atoms with E-state index in [0.29, 0.717) is 5.92 Å². The molecule has 1 aliphatic carbocycles. The van der Waals surface area contributed by atoms with Gasteiger partial charge in [-0.25, -0.2) is 0 Å². The highest BCUT2D eigenvalue weighted by Gasteiger charge is 2.24. The van der Waals surface area contributed by atoms with Crippen LogP contribution in [0.1, 0.15) is 148 Å². The van der Waals surface area contributed by atoms with Gasteiger partial charge in [0.1, 0.15) is 0 Å². The molecule has 0 aliphatic heterocycles. The molecule has 0 amide bonds. The van der Waals surface area contributed by atoms with E-state index in [1.165, 1.54) is 67.2 Å². The average molecular weight is 631 g/mol. The van der Waals surface area contributed by atoms with Crippen molar-refractivity contribution in [2.75, 3.05) is 0 Å². The van der Waals surface area contributed by atoms with E-state index in [1.54, 1.807) is 17.2 Å². The molecular formula is C46H78. The van der Waals surface area contributed by atoms with Crippen LogP contribution in [-0.4, -0.2) is 0 Å². The Morgan fingerprint density at radius 1 is 0.891 bits per heavy atom. The minimum atomic E-state index is 0.487. The van der Waals surface area contributed by atoms with Crippen molar-refractivity contribution in [3.05, 3.63) is 121 Å². The Kier molecular flexibility index (Phi) is 45.6. The number of terminal acetylenes is 1. The first-order valence-corrected chi connectivity index (χ1v) is 18.2. The van der Waals surface area contributed by atoms with Crippen LogP contribution in [0.15, 0.2) is 93.1 Å². The van der Waals surface area contributed by atoms with Crippen LogP contribution in [0.5, 0.6) is 0 Å². The average Bonchev–Trinajstić information content (AvgIpc) is 3.34. The van der Waals surface area contributed by atoms with Gasteiger partial charge in [0.25, 0.3) is 0 Å². The highest BCUT2D eigenvalue weighted by atomic mass is 14.3. The Balaban J connectivity index is -0.000000210. The Morgan fingerprint density at radius 2 is 1.39 bits per heavy atom. The van der Waals surface area contributed by atoms with E-state index in [1.807, 2.05) is 72.7 Å². The quantitative estimate of drug-likeness (QED) is 0.155. The Morgan fingerprint density at radius 3 is 1.85 bits per heavy atom. The molecule has 3 unspecified atom stereocenters. The maximum Gasteiger partial charge on any atom is 0.00226 e. The summed E-state index contributed by atoms with van der Waals surface area (Å²) in [5.74, 6) is 2.07. The van der Waals surface area contributed by atoms with E-state index in [4.69, 9.17) is 0 Å². The standard InChI is InChI=1S/C24H38.C9H10.C3H6.3C2H6.C2H4.C2H2/c1-7-11-21-14-15-24(20(6)23(21)8-2)19(5)18(4)22-13-10-9-12-17(3)16-22;1-2-6-9-7-4-3-5-8-9;1-3-2;5*1-2/h14-15,17,19,22H,4,7-13,16H2,1-3,5-6H3;2-5,7-8H,1,6H2;3H,1H2,2H3;3*1-2H3;1-2H2;1-2H. The van der Waals surface area contributed by atoms with Crippen LogP contribution < -0.4 is 0 Å². The summed E-state index contributed by atoms with van der Waals surface area (Å²) >= 11 is 0. The Hall–Kier alpha value is -3.04. The maximum absolute atomic E-state index is 4.59. The van der Waals surface area contributed by atoms with Crippen LogP contribution >= 0.6 is 0 Å². The van der Waals surface area contributed by atoms with Crippen molar-refractivity contribution in [3.63, 3.8) is 0 Å². The Bertz CT molecular complexity index is 958. The number of hydrogen-bond donors (Lipinski definition) is 0. The van der Waals surface area contributed by atoms with Crippen molar-refractivity contribution in [3.8, 4) is 12.8 Å². The van der Waals surface area contributed by atoms with Gasteiger partial charge in [0.2, 0.25) is 0 Å². The molecule has 0 radical (unpaired) electrons. The molecular weight excluding hydrogens is 553 g/mol. The topological polar surface area (TPSA) is 0 Å².